The Balaban J connectivity index is 2.06. The van der Waals surface area contributed by atoms with Crippen LogP contribution in [0, 0.1) is 0 Å². The van der Waals surface area contributed by atoms with Crippen LogP contribution in [0.3, 0.4) is 0 Å². The van der Waals surface area contributed by atoms with Crippen molar-refractivity contribution in [2.45, 2.75) is 0 Å². The van der Waals surface area contributed by atoms with Crippen molar-refractivity contribution < 1.29 is 18.2 Å². The van der Waals surface area contributed by atoms with Crippen molar-refractivity contribution in [3.05, 3.63) is 54.6 Å². The standard InChI is InChI=1S/C13H11O4P2/c14-18-16-10-17-19(15)13-8-6-12(7-9-13)11-4-2-1-3-5-11/h1-9H,10H2/q+1. The predicted octanol–water partition coefficient (Wildman–Crippen LogP) is 3.92. The first-order chi connectivity index (χ1) is 9.31. The summed E-state index contributed by atoms with van der Waals surface area (Å²) in [5.41, 5.74) is 2.14. The Morgan fingerprint density at radius 3 is 2.21 bits per heavy atom. The van der Waals surface area contributed by atoms with Crippen molar-refractivity contribution in [1.82, 2.24) is 0 Å². The quantitative estimate of drug-likeness (QED) is 0.460. The molecule has 0 aliphatic carbocycles. The molecule has 0 aliphatic heterocycles. The Bertz CT molecular complexity index is 555. The summed E-state index contributed by atoms with van der Waals surface area (Å²) in [4.78, 5) is 0. The molecule has 2 aromatic rings. The average Bonchev–Trinajstić information content (AvgIpc) is 2.48. The van der Waals surface area contributed by atoms with Crippen LogP contribution in [0.15, 0.2) is 54.6 Å². The summed E-state index contributed by atoms with van der Waals surface area (Å²) < 4.78 is 31.1. The molecule has 0 radical (unpaired) electrons. The molecule has 0 fully saturated rings. The van der Waals surface area contributed by atoms with Gasteiger partial charge in [-0.25, -0.2) is 4.57 Å². The molecule has 1 atom stereocenters. The Morgan fingerprint density at radius 1 is 0.947 bits per heavy atom. The summed E-state index contributed by atoms with van der Waals surface area (Å²) in [6, 6.07) is 17.2. The third-order valence-electron chi connectivity index (χ3n) is 2.46. The largest absolute Gasteiger partial charge is 0.551 e. The lowest BCUT2D eigenvalue weighted by atomic mass is 10.1. The van der Waals surface area contributed by atoms with Gasteiger partial charge in [-0.2, -0.15) is 0 Å². The van der Waals surface area contributed by atoms with Gasteiger partial charge in [0.05, 0.1) is 0 Å². The predicted molar refractivity (Wildman–Crippen MR) is 73.8 cm³/mol. The molecule has 0 amide bonds. The number of rotatable bonds is 6. The zero-order chi connectivity index (χ0) is 13.5. The summed E-state index contributed by atoms with van der Waals surface area (Å²) in [5.74, 6) is 0. The first kappa shape index (κ1) is 14.0. The van der Waals surface area contributed by atoms with Crippen LogP contribution < -0.4 is 5.30 Å². The zero-order valence-corrected chi connectivity index (χ0v) is 11.7. The minimum Gasteiger partial charge on any atom is -0.261 e. The summed E-state index contributed by atoms with van der Waals surface area (Å²) in [6.45, 7) is -0.263. The second-order valence-corrected chi connectivity index (χ2v) is 5.32. The first-order valence-corrected chi connectivity index (χ1v) is 7.42. The van der Waals surface area contributed by atoms with E-state index < -0.39 is 16.7 Å². The van der Waals surface area contributed by atoms with E-state index in [1.165, 1.54) is 0 Å². The van der Waals surface area contributed by atoms with Crippen molar-refractivity contribution in [2.24, 2.45) is 0 Å². The molecule has 0 aliphatic rings. The lowest BCUT2D eigenvalue weighted by molar-refractivity contribution is 0.144. The van der Waals surface area contributed by atoms with E-state index in [0.717, 1.165) is 11.1 Å². The van der Waals surface area contributed by atoms with Crippen LogP contribution in [0.25, 0.3) is 11.1 Å². The van der Waals surface area contributed by atoms with Gasteiger partial charge in [0.1, 0.15) is 0 Å². The van der Waals surface area contributed by atoms with Crippen LogP contribution in [0.4, 0.5) is 0 Å². The molecule has 4 nitrogen and oxygen atoms in total. The summed E-state index contributed by atoms with van der Waals surface area (Å²) in [6.07, 6.45) is 0. The van der Waals surface area contributed by atoms with Gasteiger partial charge in [-0.05, 0) is 40.0 Å². The maximum atomic E-state index is 11.7. The fraction of sp³-hybridized carbons (Fsp3) is 0.0769. The molecule has 0 heterocycles. The average molecular weight is 293 g/mol. The molecular formula is C13H11O4P2+. The normalized spacial score (nSPS) is 11.5. The van der Waals surface area contributed by atoms with Crippen LogP contribution in [0.2, 0.25) is 0 Å². The Labute approximate surface area is 113 Å². The first-order valence-electron chi connectivity index (χ1n) is 5.51. The SMILES string of the molecule is O=POCO[P+](=O)c1ccc(-c2ccccc2)cc1. The Hall–Kier alpha value is -1.44. The van der Waals surface area contributed by atoms with Gasteiger partial charge in [-0.1, -0.05) is 30.3 Å². The van der Waals surface area contributed by atoms with Crippen molar-refractivity contribution in [3.8, 4) is 11.1 Å². The van der Waals surface area contributed by atoms with Gasteiger partial charge >= 0.3 is 16.7 Å². The van der Waals surface area contributed by atoms with E-state index in [-0.39, 0.29) is 6.79 Å². The molecule has 0 spiro atoms. The van der Waals surface area contributed by atoms with Crippen molar-refractivity contribution >= 4 is 22.0 Å². The number of benzene rings is 2. The Morgan fingerprint density at radius 2 is 1.58 bits per heavy atom. The fourth-order valence-electron chi connectivity index (χ4n) is 1.57. The van der Waals surface area contributed by atoms with Crippen molar-refractivity contribution in [1.29, 1.82) is 0 Å². The molecule has 0 aromatic heterocycles. The maximum Gasteiger partial charge on any atom is 0.551 e. The molecule has 1 unspecified atom stereocenters. The fourth-order valence-corrected chi connectivity index (χ4v) is 2.44. The van der Waals surface area contributed by atoms with Gasteiger partial charge in [0.2, 0.25) is 12.1 Å². The van der Waals surface area contributed by atoms with Gasteiger partial charge < -0.3 is 0 Å². The molecule has 19 heavy (non-hydrogen) atoms. The summed E-state index contributed by atoms with van der Waals surface area (Å²) in [5, 5.41) is 0.570. The highest BCUT2D eigenvalue weighted by atomic mass is 31.1. The van der Waals surface area contributed by atoms with Gasteiger partial charge in [0.15, 0.2) is 0 Å². The molecule has 2 rings (SSSR count). The van der Waals surface area contributed by atoms with E-state index in [0.29, 0.717) is 5.30 Å². The molecule has 6 heteroatoms. The van der Waals surface area contributed by atoms with Gasteiger partial charge in [0.25, 0.3) is 0 Å². The van der Waals surface area contributed by atoms with Gasteiger partial charge in [-0.3, -0.25) is 4.52 Å². The second-order valence-electron chi connectivity index (χ2n) is 3.62. The number of hydrogen-bond donors (Lipinski definition) is 0. The van der Waals surface area contributed by atoms with Gasteiger partial charge in [0, 0.05) is 0 Å². The Kier molecular flexibility index (Phi) is 5.31. The van der Waals surface area contributed by atoms with Crippen LogP contribution in [-0.2, 0) is 18.2 Å². The van der Waals surface area contributed by atoms with E-state index in [2.05, 4.69) is 4.52 Å². The van der Waals surface area contributed by atoms with Crippen LogP contribution in [0.1, 0.15) is 0 Å². The highest BCUT2D eigenvalue weighted by Gasteiger charge is 2.22. The summed E-state index contributed by atoms with van der Waals surface area (Å²) >= 11 is 0. The van der Waals surface area contributed by atoms with Crippen LogP contribution in [0.5, 0.6) is 0 Å². The van der Waals surface area contributed by atoms with E-state index in [1.54, 1.807) is 12.1 Å². The van der Waals surface area contributed by atoms with Crippen molar-refractivity contribution in [3.63, 3.8) is 0 Å². The van der Waals surface area contributed by atoms with E-state index in [4.69, 9.17) is 4.52 Å². The molecule has 0 saturated heterocycles. The molecule has 0 bridgehead atoms. The topological polar surface area (TPSA) is 52.6 Å². The molecule has 96 valence electrons. The molecule has 0 saturated carbocycles. The highest BCUT2D eigenvalue weighted by molar-refractivity contribution is 7.48. The monoisotopic (exact) mass is 293 g/mol. The molecular weight excluding hydrogens is 282 g/mol. The van der Waals surface area contributed by atoms with Crippen LogP contribution >= 0.6 is 16.7 Å². The van der Waals surface area contributed by atoms with Crippen LogP contribution in [-0.4, -0.2) is 6.79 Å². The molecule has 0 N–H and O–H groups in total. The van der Waals surface area contributed by atoms with Gasteiger partial charge in [-0.15, -0.1) is 4.52 Å². The smallest absolute Gasteiger partial charge is 0.261 e. The minimum absolute atomic E-state index is 0.263. The third-order valence-corrected chi connectivity index (χ3v) is 3.73. The lowest BCUT2D eigenvalue weighted by Gasteiger charge is -1.99. The minimum atomic E-state index is -1.99. The summed E-state index contributed by atoms with van der Waals surface area (Å²) in [7, 11) is -2.47. The zero-order valence-electron chi connectivity index (χ0n) is 9.93. The lowest BCUT2D eigenvalue weighted by Crippen LogP contribution is -1.98. The second kappa shape index (κ2) is 7.22. The highest BCUT2D eigenvalue weighted by Crippen LogP contribution is 2.24. The maximum absolute atomic E-state index is 11.7. The van der Waals surface area contributed by atoms with E-state index >= 15 is 0 Å². The van der Waals surface area contributed by atoms with E-state index in [9.17, 15) is 9.13 Å². The molecule has 2 aromatic carbocycles. The number of hydrogen-bond acceptors (Lipinski definition) is 4. The van der Waals surface area contributed by atoms with Crippen molar-refractivity contribution in [2.75, 3.05) is 6.79 Å². The van der Waals surface area contributed by atoms with E-state index in [1.807, 2.05) is 42.5 Å². The third kappa shape index (κ3) is 4.02.